The van der Waals surface area contributed by atoms with Gasteiger partial charge in [-0.2, -0.15) is 5.26 Å². The van der Waals surface area contributed by atoms with Crippen LogP contribution in [0.3, 0.4) is 0 Å². The molecule has 2 atom stereocenters. The zero-order valence-electron chi connectivity index (χ0n) is 11.6. The lowest BCUT2D eigenvalue weighted by Crippen LogP contribution is -2.30. The molecule has 1 fully saturated rings. The normalized spacial score (nSPS) is 21.7. The summed E-state index contributed by atoms with van der Waals surface area (Å²) in [5, 5.41) is 8.93. The summed E-state index contributed by atoms with van der Waals surface area (Å²) in [5.41, 5.74) is 0.0877. The summed E-state index contributed by atoms with van der Waals surface area (Å²) >= 11 is 0. The van der Waals surface area contributed by atoms with Crippen LogP contribution in [0.2, 0.25) is 0 Å². The van der Waals surface area contributed by atoms with E-state index in [1.54, 1.807) is 0 Å². The minimum absolute atomic E-state index is 0.0877. The second kappa shape index (κ2) is 7.22. The quantitative estimate of drug-likeness (QED) is 0.581. The van der Waals surface area contributed by atoms with E-state index in [4.69, 9.17) is 5.26 Å². The minimum atomic E-state index is -0.441. The van der Waals surface area contributed by atoms with Crippen LogP contribution in [0.15, 0.2) is 0 Å². The Hall–Kier alpha value is -0.450. The average Bonchev–Trinajstić information content (AvgIpc) is 2.30. The summed E-state index contributed by atoms with van der Waals surface area (Å²) in [5.74, 6) is 0.190. The molecule has 2 unspecified atom stereocenters. The molecule has 1 heterocycles. The van der Waals surface area contributed by atoms with Crippen LogP contribution in [0.4, 0.5) is 0 Å². The van der Waals surface area contributed by atoms with Crippen LogP contribution < -0.4 is 0 Å². The molecule has 18 heavy (non-hydrogen) atoms. The van der Waals surface area contributed by atoms with Gasteiger partial charge in [-0.05, 0) is 43.4 Å². The van der Waals surface area contributed by atoms with Gasteiger partial charge in [-0.1, -0.05) is 23.2 Å². The van der Waals surface area contributed by atoms with Gasteiger partial charge in [-0.3, -0.25) is 4.67 Å². The molecule has 4 heteroatoms. The molecular weight excluding hydrogens is 243 g/mol. The van der Waals surface area contributed by atoms with Crippen molar-refractivity contribution < 1.29 is 4.79 Å². The molecule has 0 spiro atoms. The third kappa shape index (κ3) is 4.67. The average molecular weight is 268 g/mol. The van der Waals surface area contributed by atoms with E-state index in [1.807, 2.05) is 0 Å². The maximum absolute atomic E-state index is 10.8. The van der Waals surface area contributed by atoms with E-state index in [-0.39, 0.29) is 5.41 Å². The van der Waals surface area contributed by atoms with E-state index in [0.29, 0.717) is 12.3 Å². The molecule has 1 aliphatic heterocycles. The molecule has 0 amide bonds. The summed E-state index contributed by atoms with van der Waals surface area (Å²) in [6.07, 6.45) is 6.31. The Morgan fingerprint density at radius 1 is 1.44 bits per heavy atom. The fourth-order valence-corrected chi connectivity index (χ4v) is 3.34. The Morgan fingerprint density at radius 3 is 2.44 bits per heavy atom. The lowest BCUT2D eigenvalue weighted by atomic mass is 9.69. The van der Waals surface area contributed by atoms with Crippen molar-refractivity contribution in [3.05, 3.63) is 0 Å². The smallest absolute Gasteiger partial charge is 0.137 e. The molecule has 0 aromatic carbocycles. The predicted octanol–water partition coefficient (Wildman–Crippen LogP) is 3.02. The Kier molecular flexibility index (Phi) is 6.26. The lowest BCUT2D eigenvalue weighted by molar-refractivity contribution is -0.110. The summed E-state index contributed by atoms with van der Waals surface area (Å²) in [4.78, 5) is 10.8. The van der Waals surface area contributed by atoms with Gasteiger partial charge in [0.25, 0.3) is 0 Å². The number of aldehydes is 1. The molecule has 0 bridgehead atoms. The largest absolute Gasteiger partial charge is 0.302 e. The summed E-state index contributed by atoms with van der Waals surface area (Å²) in [7, 11) is 2.79. The van der Waals surface area contributed by atoms with Crippen molar-refractivity contribution in [2.45, 2.75) is 46.0 Å². The number of rotatable bonds is 4. The van der Waals surface area contributed by atoms with Gasteiger partial charge in [0, 0.05) is 13.1 Å². The van der Waals surface area contributed by atoms with Crippen molar-refractivity contribution in [1.82, 2.24) is 4.67 Å². The zero-order chi connectivity index (χ0) is 13.6. The predicted molar refractivity (Wildman–Crippen MR) is 76.8 cm³/mol. The van der Waals surface area contributed by atoms with Crippen LogP contribution in [-0.2, 0) is 4.79 Å². The van der Waals surface area contributed by atoms with Crippen LogP contribution in [0.5, 0.6) is 0 Å². The summed E-state index contributed by atoms with van der Waals surface area (Å²) in [6.45, 7) is 6.69. The molecule has 1 saturated heterocycles. The minimum Gasteiger partial charge on any atom is -0.302 e. The van der Waals surface area contributed by atoms with Gasteiger partial charge in [0.2, 0.25) is 0 Å². The van der Waals surface area contributed by atoms with E-state index in [1.165, 1.54) is 25.7 Å². The molecule has 102 valence electrons. The van der Waals surface area contributed by atoms with Crippen molar-refractivity contribution >= 4 is 15.7 Å². The Morgan fingerprint density at radius 2 is 2.00 bits per heavy atom. The number of carbonyl (C=O) groups is 1. The first kappa shape index (κ1) is 15.6. The molecular formula is C14H25N2OP. The van der Waals surface area contributed by atoms with Crippen LogP contribution in [-0.4, -0.2) is 24.0 Å². The van der Waals surface area contributed by atoms with Gasteiger partial charge >= 0.3 is 0 Å². The summed E-state index contributed by atoms with van der Waals surface area (Å²) in [6, 6.07) is 2.10. The van der Waals surface area contributed by atoms with Gasteiger partial charge in [0.1, 0.15) is 12.2 Å². The van der Waals surface area contributed by atoms with E-state index in [2.05, 4.69) is 34.0 Å². The maximum Gasteiger partial charge on any atom is 0.137 e. The molecule has 0 saturated carbocycles. The fraction of sp³-hybridized carbons (Fsp3) is 0.857. The third-order valence-corrected chi connectivity index (χ3v) is 4.69. The summed E-state index contributed by atoms with van der Waals surface area (Å²) < 4.78 is 2.31. The van der Waals surface area contributed by atoms with E-state index in [0.717, 1.165) is 19.4 Å². The molecule has 0 radical (unpaired) electrons. The number of nitriles is 1. The lowest BCUT2D eigenvalue weighted by Gasteiger charge is -2.37. The van der Waals surface area contributed by atoms with Gasteiger partial charge in [-0.25, -0.2) is 0 Å². The van der Waals surface area contributed by atoms with Crippen LogP contribution in [0, 0.1) is 28.6 Å². The van der Waals surface area contributed by atoms with Crippen LogP contribution in [0.25, 0.3) is 0 Å². The zero-order valence-corrected chi connectivity index (χ0v) is 12.7. The molecule has 0 aliphatic carbocycles. The van der Waals surface area contributed by atoms with Crippen LogP contribution in [0.1, 0.15) is 46.0 Å². The molecule has 1 rings (SSSR count). The highest BCUT2D eigenvalue weighted by atomic mass is 31.0. The molecule has 0 aromatic rings. The van der Waals surface area contributed by atoms with Crippen LogP contribution >= 0.6 is 9.39 Å². The monoisotopic (exact) mass is 268 g/mol. The highest BCUT2D eigenvalue weighted by Crippen LogP contribution is 2.39. The highest BCUT2D eigenvalue weighted by molar-refractivity contribution is 7.13. The Labute approximate surface area is 113 Å². The molecule has 3 nitrogen and oxygen atoms in total. The Bertz CT molecular complexity index is 301. The maximum atomic E-state index is 10.8. The van der Waals surface area contributed by atoms with Gasteiger partial charge < -0.3 is 4.79 Å². The third-order valence-electron chi connectivity index (χ3n) is 4.18. The first-order valence-electron chi connectivity index (χ1n) is 6.84. The van der Waals surface area contributed by atoms with E-state index >= 15 is 0 Å². The SMILES string of the molecule is CC(C)(CC(C#N)C=O)C1CCCN(P)CCC1. The highest BCUT2D eigenvalue weighted by Gasteiger charge is 2.32. The van der Waals surface area contributed by atoms with Crippen molar-refractivity contribution in [1.29, 1.82) is 5.26 Å². The molecule has 0 N–H and O–H groups in total. The van der Waals surface area contributed by atoms with Gasteiger partial charge in [0.05, 0.1) is 6.07 Å². The number of nitrogens with zero attached hydrogens (tertiary/aromatic N) is 2. The first-order valence-corrected chi connectivity index (χ1v) is 7.36. The van der Waals surface area contributed by atoms with Crippen molar-refractivity contribution in [2.24, 2.45) is 17.3 Å². The van der Waals surface area contributed by atoms with Crippen molar-refractivity contribution in [2.75, 3.05) is 13.1 Å². The second-order valence-electron chi connectivity index (χ2n) is 6.08. The first-order chi connectivity index (χ1) is 8.49. The van der Waals surface area contributed by atoms with Crippen molar-refractivity contribution in [3.63, 3.8) is 0 Å². The number of hydrogen-bond acceptors (Lipinski definition) is 3. The number of carbonyl (C=O) groups excluding carboxylic acids is 1. The van der Waals surface area contributed by atoms with Crippen molar-refractivity contribution in [3.8, 4) is 6.07 Å². The second-order valence-corrected chi connectivity index (χ2v) is 6.81. The molecule has 0 aromatic heterocycles. The fourth-order valence-electron chi connectivity index (χ4n) is 2.98. The topological polar surface area (TPSA) is 44.1 Å². The Balaban J connectivity index is 2.59. The van der Waals surface area contributed by atoms with Gasteiger partial charge in [-0.15, -0.1) is 0 Å². The molecule has 1 aliphatic rings. The standard InChI is InChI=1S/C14H25N2OP/c1-14(2,9-12(10-15)11-17)13-5-3-7-16(18)8-4-6-13/h11-13H,3-9,18H2,1-2H3. The van der Waals surface area contributed by atoms with Gasteiger partial charge in [0.15, 0.2) is 0 Å². The number of hydrogen-bond donors (Lipinski definition) is 0. The van der Waals surface area contributed by atoms with E-state index in [9.17, 15) is 4.79 Å². The van der Waals surface area contributed by atoms with E-state index < -0.39 is 5.92 Å².